The maximum atomic E-state index is 9.79. The summed E-state index contributed by atoms with van der Waals surface area (Å²) in [6.45, 7) is 4.66. The summed E-state index contributed by atoms with van der Waals surface area (Å²) >= 11 is 0. The van der Waals surface area contributed by atoms with Crippen molar-refractivity contribution in [1.82, 2.24) is 9.88 Å². The second kappa shape index (κ2) is 6.28. The van der Waals surface area contributed by atoms with Crippen molar-refractivity contribution in [2.45, 2.75) is 26.0 Å². The van der Waals surface area contributed by atoms with Gasteiger partial charge in [-0.2, -0.15) is 0 Å². The van der Waals surface area contributed by atoms with Crippen LogP contribution in [0.25, 0.3) is 11.3 Å². The minimum Gasteiger partial charge on any atom is -0.497 e. The number of benzene rings is 1. The van der Waals surface area contributed by atoms with Gasteiger partial charge in [0.1, 0.15) is 5.75 Å². The van der Waals surface area contributed by atoms with Crippen molar-refractivity contribution in [3.63, 3.8) is 0 Å². The summed E-state index contributed by atoms with van der Waals surface area (Å²) in [5.41, 5.74) is 0.222. The fourth-order valence-electron chi connectivity index (χ4n) is 2.22. The molecular weight excluding hydrogens is 268 g/mol. The molecule has 0 aliphatic heterocycles. The van der Waals surface area contributed by atoms with E-state index in [1.807, 2.05) is 36.2 Å². The summed E-state index contributed by atoms with van der Waals surface area (Å²) in [7, 11) is 3.56. The Labute approximate surface area is 125 Å². The van der Waals surface area contributed by atoms with E-state index in [-0.39, 0.29) is 0 Å². The number of hydrogen-bond donors (Lipinski definition) is 1. The number of ether oxygens (including phenoxy) is 1. The summed E-state index contributed by atoms with van der Waals surface area (Å²) in [5, 5.41) is 9.79. The van der Waals surface area contributed by atoms with Gasteiger partial charge in [0.05, 0.1) is 25.5 Å². The van der Waals surface area contributed by atoms with Gasteiger partial charge in [0.15, 0.2) is 5.76 Å². The zero-order valence-electron chi connectivity index (χ0n) is 13.0. The standard InChI is InChI=1S/C16H22N2O3/c1-16(2,19)11-18(3)10-15-17-9-14(21-15)12-5-7-13(20-4)8-6-12/h5-9,19H,10-11H2,1-4H3. The quantitative estimate of drug-likeness (QED) is 0.886. The molecule has 2 aromatic rings. The number of hydrogen-bond acceptors (Lipinski definition) is 5. The molecule has 0 radical (unpaired) electrons. The predicted octanol–water partition coefficient (Wildman–Crippen LogP) is 2.55. The molecule has 2 rings (SSSR count). The number of oxazole rings is 1. The Balaban J connectivity index is 2.03. The third-order valence-electron chi connectivity index (χ3n) is 2.99. The zero-order chi connectivity index (χ0) is 15.5. The highest BCUT2D eigenvalue weighted by Gasteiger charge is 2.17. The Kier molecular flexibility index (Phi) is 4.65. The van der Waals surface area contributed by atoms with Crippen molar-refractivity contribution in [2.75, 3.05) is 20.7 Å². The highest BCUT2D eigenvalue weighted by molar-refractivity contribution is 5.57. The van der Waals surface area contributed by atoms with E-state index in [1.54, 1.807) is 27.2 Å². The van der Waals surface area contributed by atoms with E-state index in [2.05, 4.69) is 4.98 Å². The number of nitrogens with zero attached hydrogens (tertiary/aromatic N) is 2. The molecule has 1 aromatic carbocycles. The van der Waals surface area contributed by atoms with Gasteiger partial charge in [0, 0.05) is 12.1 Å². The monoisotopic (exact) mass is 290 g/mol. The van der Waals surface area contributed by atoms with Crippen LogP contribution in [0.4, 0.5) is 0 Å². The number of methoxy groups -OCH3 is 1. The second-order valence-corrected chi connectivity index (χ2v) is 5.83. The zero-order valence-corrected chi connectivity index (χ0v) is 13.0. The van der Waals surface area contributed by atoms with Crippen molar-refractivity contribution in [2.24, 2.45) is 0 Å². The Morgan fingerprint density at radius 1 is 1.29 bits per heavy atom. The second-order valence-electron chi connectivity index (χ2n) is 5.83. The van der Waals surface area contributed by atoms with E-state index in [0.717, 1.165) is 17.1 Å². The Morgan fingerprint density at radius 2 is 1.95 bits per heavy atom. The maximum Gasteiger partial charge on any atom is 0.209 e. The molecule has 0 aliphatic carbocycles. The van der Waals surface area contributed by atoms with Crippen LogP contribution >= 0.6 is 0 Å². The van der Waals surface area contributed by atoms with Crippen molar-refractivity contribution in [1.29, 1.82) is 0 Å². The number of aliphatic hydroxyl groups is 1. The molecule has 21 heavy (non-hydrogen) atoms. The molecule has 0 saturated heterocycles. The Hall–Kier alpha value is -1.85. The van der Waals surface area contributed by atoms with Gasteiger partial charge in [-0.15, -0.1) is 0 Å². The third-order valence-corrected chi connectivity index (χ3v) is 2.99. The van der Waals surface area contributed by atoms with Crippen LogP contribution in [-0.4, -0.2) is 41.3 Å². The minimum atomic E-state index is -0.736. The van der Waals surface area contributed by atoms with Gasteiger partial charge in [-0.1, -0.05) is 0 Å². The minimum absolute atomic E-state index is 0.549. The molecule has 5 nitrogen and oxygen atoms in total. The molecule has 0 bridgehead atoms. The molecule has 114 valence electrons. The van der Waals surface area contributed by atoms with Crippen LogP contribution in [0.5, 0.6) is 5.75 Å². The molecule has 5 heteroatoms. The molecule has 0 amide bonds. The van der Waals surface area contributed by atoms with Crippen molar-refractivity contribution in [3.8, 4) is 17.1 Å². The van der Waals surface area contributed by atoms with E-state index in [1.165, 1.54) is 0 Å². The van der Waals surface area contributed by atoms with Gasteiger partial charge in [-0.3, -0.25) is 4.90 Å². The van der Waals surface area contributed by atoms with Gasteiger partial charge < -0.3 is 14.3 Å². The fraction of sp³-hybridized carbons (Fsp3) is 0.438. The van der Waals surface area contributed by atoms with Crippen LogP contribution in [0.3, 0.4) is 0 Å². The van der Waals surface area contributed by atoms with Gasteiger partial charge in [0.25, 0.3) is 0 Å². The SMILES string of the molecule is COc1ccc(-c2cnc(CN(C)CC(C)(C)O)o2)cc1. The number of rotatable bonds is 6. The summed E-state index contributed by atoms with van der Waals surface area (Å²) in [4.78, 5) is 6.26. The fourth-order valence-corrected chi connectivity index (χ4v) is 2.22. The van der Waals surface area contributed by atoms with E-state index in [4.69, 9.17) is 9.15 Å². The molecule has 1 N–H and O–H groups in total. The summed E-state index contributed by atoms with van der Waals surface area (Å²) < 4.78 is 10.9. The van der Waals surface area contributed by atoms with Crippen molar-refractivity contribution in [3.05, 3.63) is 36.4 Å². The van der Waals surface area contributed by atoms with Crippen LogP contribution in [0, 0.1) is 0 Å². The highest BCUT2D eigenvalue weighted by atomic mass is 16.5. The molecule has 0 saturated carbocycles. The molecular formula is C16H22N2O3. The molecule has 1 heterocycles. The maximum absolute atomic E-state index is 9.79. The molecule has 0 unspecified atom stereocenters. The van der Waals surface area contributed by atoms with Gasteiger partial charge in [-0.25, -0.2) is 4.98 Å². The van der Waals surface area contributed by atoms with E-state index < -0.39 is 5.60 Å². The molecule has 1 aromatic heterocycles. The smallest absolute Gasteiger partial charge is 0.209 e. The Bertz CT molecular complexity index is 570. The summed E-state index contributed by atoms with van der Waals surface area (Å²) in [5.74, 6) is 2.17. The lowest BCUT2D eigenvalue weighted by Gasteiger charge is -2.24. The van der Waals surface area contributed by atoms with Crippen LogP contribution in [0.15, 0.2) is 34.9 Å². The van der Waals surface area contributed by atoms with Crippen molar-refractivity contribution >= 4 is 0 Å². The van der Waals surface area contributed by atoms with E-state index in [9.17, 15) is 5.11 Å². The Morgan fingerprint density at radius 3 is 2.52 bits per heavy atom. The van der Waals surface area contributed by atoms with Crippen LogP contribution in [-0.2, 0) is 6.54 Å². The molecule has 0 fully saturated rings. The first-order chi connectivity index (χ1) is 9.87. The average molecular weight is 290 g/mol. The van der Waals surface area contributed by atoms with Gasteiger partial charge in [0.2, 0.25) is 5.89 Å². The van der Waals surface area contributed by atoms with Crippen molar-refractivity contribution < 1.29 is 14.3 Å². The van der Waals surface area contributed by atoms with Crippen LogP contribution in [0.1, 0.15) is 19.7 Å². The topological polar surface area (TPSA) is 58.7 Å². The first-order valence-electron chi connectivity index (χ1n) is 6.87. The normalized spacial score (nSPS) is 11.9. The lowest BCUT2D eigenvalue weighted by Crippen LogP contribution is -2.35. The first kappa shape index (κ1) is 15.5. The lowest BCUT2D eigenvalue weighted by atomic mass is 10.1. The van der Waals surface area contributed by atoms with E-state index >= 15 is 0 Å². The largest absolute Gasteiger partial charge is 0.497 e. The summed E-state index contributed by atoms with van der Waals surface area (Å²) in [6.07, 6.45) is 1.72. The molecule has 0 spiro atoms. The summed E-state index contributed by atoms with van der Waals surface area (Å²) in [6, 6.07) is 7.64. The van der Waals surface area contributed by atoms with Gasteiger partial charge >= 0.3 is 0 Å². The third kappa shape index (κ3) is 4.58. The molecule has 0 atom stereocenters. The van der Waals surface area contributed by atoms with Crippen LogP contribution in [0.2, 0.25) is 0 Å². The first-order valence-corrected chi connectivity index (χ1v) is 6.87. The highest BCUT2D eigenvalue weighted by Crippen LogP contribution is 2.23. The average Bonchev–Trinajstić information content (AvgIpc) is 2.85. The van der Waals surface area contributed by atoms with E-state index in [0.29, 0.717) is 19.0 Å². The van der Waals surface area contributed by atoms with Crippen LogP contribution < -0.4 is 4.74 Å². The number of aromatic nitrogens is 1. The van der Waals surface area contributed by atoms with Gasteiger partial charge in [-0.05, 0) is 45.2 Å². The lowest BCUT2D eigenvalue weighted by molar-refractivity contribution is 0.0403. The number of likely N-dealkylation sites (N-methyl/N-ethyl adjacent to an activating group) is 1. The molecule has 0 aliphatic rings. The predicted molar refractivity (Wildman–Crippen MR) is 81.1 cm³/mol.